The second-order valence-corrected chi connectivity index (χ2v) is 4.09. The summed E-state index contributed by atoms with van der Waals surface area (Å²) in [6.07, 6.45) is 2.60. The Morgan fingerprint density at radius 1 is 1.32 bits per heavy atom. The predicted octanol–water partition coefficient (Wildman–Crippen LogP) is 1.99. The van der Waals surface area contributed by atoms with Crippen LogP contribution in [-0.2, 0) is 6.42 Å². The molecule has 0 atom stereocenters. The van der Waals surface area contributed by atoms with Gasteiger partial charge in [-0.15, -0.1) is 0 Å². The van der Waals surface area contributed by atoms with Gasteiger partial charge in [-0.2, -0.15) is 0 Å². The van der Waals surface area contributed by atoms with Crippen molar-refractivity contribution >= 4 is 0 Å². The molecule has 2 rings (SSSR count). The van der Waals surface area contributed by atoms with E-state index in [1.54, 1.807) is 7.11 Å². The van der Waals surface area contributed by atoms with Crippen LogP contribution in [0.4, 0.5) is 0 Å². The monoisotopic (exact) mass is 261 g/mol. The molecule has 0 saturated carbocycles. The first kappa shape index (κ1) is 13.4. The van der Waals surface area contributed by atoms with Gasteiger partial charge in [-0.25, -0.2) is 4.98 Å². The molecule has 5 nitrogen and oxygen atoms in total. The number of nitrogens with two attached hydrogens (primary N) is 1. The number of benzene rings is 1. The third-order valence-corrected chi connectivity index (χ3v) is 2.78. The Balaban J connectivity index is 2.28. The second-order valence-electron chi connectivity index (χ2n) is 4.09. The highest BCUT2D eigenvalue weighted by atomic mass is 16.5. The fourth-order valence-corrected chi connectivity index (χ4v) is 1.88. The molecule has 0 aliphatic heterocycles. The summed E-state index contributed by atoms with van der Waals surface area (Å²) >= 11 is 0. The lowest BCUT2D eigenvalue weighted by molar-refractivity contribution is 0.311. The van der Waals surface area contributed by atoms with E-state index in [0.717, 1.165) is 29.3 Å². The first-order chi connectivity index (χ1) is 9.28. The first-order valence-corrected chi connectivity index (χ1v) is 6.33. The average molecular weight is 261 g/mol. The van der Waals surface area contributed by atoms with E-state index in [1.165, 1.54) is 0 Å². The summed E-state index contributed by atoms with van der Waals surface area (Å²) in [5.74, 6) is 2.25. The number of ether oxygens (including phenoxy) is 2. The van der Waals surface area contributed by atoms with Gasteiger partial charge in [-0.05, 0) is 31.7 Å². The second kappa shape index (κ2) is 6.24. The third kappa shape index (κ3) is 3.06. The Labute approximate surface area is 112 Å². The van der Waals surface area contributed by atoms with E-state index in [9.17, 15) is 0 Å². The van der Waals surface area contributed by atoms with Crippen molar-refractivity contribution in [2.45, 2.75) is 13.3 Å². The molecule has 1 aromatic carbocycles. The summed E-state index contributed by atoms with van der Waals surface area (Å²) in [7, 11) is 1.63. The fraction of sp³-hybridized carbons (Fsp3) is 0.357. The molecular formula is C14H19N3O2. The first-order valence-electron chi connectivity index (χ1n) is 6.33. The van der Waals surface area contributed by atoms with Crippen LogP contribution < -0.4 is 15.2 Å². The van der Waals surface area contributed by atoms with Gasteiger partial charge < -0.3 is 20.2 Å². The largest absolute Gasteiger partial charge is 0.493 e. The van der Waals surface area contributed by atoms with E-state index in [-0.39, 0.29) is 0 Å². The molecule has 5 heteroatoms. The van der Waals surface area contributed by atoms with Gasteiger partial charge in [0.2, 0.25) is 0 Å². The van der Waals surface area contributed by atoms with E-state index in [1.807, 2.05) is 31.3 Å². The van der Waals surface area contributed by atoms with E-state index in [0.29, 0.717) is 18.9 Å². The molecule has 0 spiro atoms. The van der Waals surface area contributed by atoms with Crippen molar-refractivity contribution in [3.8, 4) is 22.9 Å². The van der Waals surface area contributed by atoms with Crippen molar-refractivity contribution < 1.29 is 9.47 Å². The Kier molecular flexibility index (Phi) is 4.41. The maximum absolute atomic E-state index is 5.52. The van der Waals surface area contributed by atoms with Gasteiger partial charge in [0.25, 0.3) is 0 Å². The Morgan fingerprint density at radius 3 is 2.84 bits per heavy atom. The van der Waals surface area contributed by atoms with E-state index in [2.05, 4.69) is 9.97 Å². The molecule has 0 aliphatic carbocycles. The molecule has 0 fully saturated rings. The average Bonchev–Trinajstić information content (AvgIpc) is 2.88. The van der Waals surface area contributed by atoms with Crippen molar-refractivity contribution in [1.82, 2.24) is 9.97 Å². The molecule has 1 heterocycles. The van der Waals surface area contributed by atoms with Gasteiger partial charge in [0, 0.05) is 23.9 Å². The van der Waals surface area contributed by atoms with Crippen LogP contribution in [0.5, 0.6) is 11.5 Å². The molecule has 0 unspecified atom stereocenters. The Bertz CT molecular complexity index is 537. The lowest BCUT2D eigenvalue weighted by atomic mass is 10.2. The molecule has 2 aromatic rings. The molecular weight excluding hydrogens is 242 g/mol. The highest BCUT2D eigenvalue weighted by Gasteiger charge is 2.09. The van der Waals surface area contributed by atoms with Crippen molar-refractivity contribution in [1.29, 1.82) is 0 Å². The van der Waals surface area contributed by atoms with Gasteiger partial charge in [0.05, 0.1) is 13.7 Å². The number of imidazole rings is 1. The predicted molar refractivity (Wildman–Crippen MR) is 74.5 cm³/mol. The molecule has 0 amide bonds. The molecule has 0 saturated heterocycles. The van der Waals surface area contributed by atoms with Gasteiger partial charge >= 0.3 is 0 Å². The van der Waals surface area contributed by atoms with Crippen LogP contribution in [0.25, 0.3) is 11.4 Å². The highest BCUT2D eigenvalue weighted by molar-refractivity contribution is 5.61. The molecule has 0 aliphatic rings. The summed E-state index contributed by atoms with van der Waals surface area (Å²) < 4.78 is 10.8. The van der Waals surface area contributed by atoms with Crippen LogP contribution in [0, 0.1) is 0 Å². The van der Waals surface area contributed by atoms with Gasteiger partial charge in [-0.1, -0.05) is 0 Å². The van der Waals surface area contributed by atoms with Crippen molar-refractivity contribution in [2.75, 3.05) is 20.3 Å². The van der Waals surface area contributed by atoms with Crippen molar-refractivity contribution in [2.24, 2.45) is 5.73 Å². The summed E-state index contributed by atoms with van der Waals surface area (Å²) in [4.78, 5) is 7.59. The minimum Gasteiger partial charge on any atom is -0.493 e. The molecule has 0 bridgehead atoms. The minimum atomic E-state index is 0.605. The minimum absolute atomic E-state index is 0.605. The van der Waals surface area contributed by atoms with Crippen LogP contribution in [0.2, 0.25) is 0 Å². The molecule has 3 N–H and O–H groups in total. The zero-order valence-corrected chi connectivity index (χ0v) is 11.3. The summed E-state index contributed by atoms with van der Waals surface area (Å²) in [5, 5.41) is 0. The number of hydrogen-bond acceptors (Lipinski definition) is 4. The molecule has 102 valence electrons. The summed E-state index contributed by atoms with van der Waals surface area (Å²) in [5.41, 5.74) is 7.52. The lowest BCUT2D eigenvalue weighted by Crippen LogP contribution is -2.02. The standard InChI is InChI=1S/C14H19N3O2/c1-3-19-12-5-4-10(8-13(12)18-2)14-16-9-11(17-14)6-7-15/h4-5,8-9H,3,6-7,15H2,1-2H3,(H,16,17). The van der Waals surface area contributed by atoms with Crippen LogP contribution in [0.3, 0.4) is 0 Å². The zero-order chi connectivity index (χ0) is 13.7. The highest BCUT2D eigenvalue weighted by Crippen LogP contribution is 2.31. The van der Waals surface area contributed by atoms with Gasteiger partial charge in [0.1, 0.15) is 5.82 Å². The van der Waals surface area contributed by atoms with Crippen LogP contribution in [0.15, 0.2) is 24.4 Å². The maximum atomic E-state index is 5.52. The number of methoxy groups -OCH3 is 1. The number of nitrogens with one attached hydrogen (secondary N) is 1. The summed E-state index contributed by atoms with van der Waals surface area (Å²) in [6.45, 7) is 3.16. The van der Waals surface area contributed by atoms with Crippen molar-refractivity contribution in [3.63, 3.8) is 0 Å². The number of aromatic amines is 1. The van der Waals surface area contributed by atoms with Crippen LogP contribution in [-0.4, -0.2) is 30.2 Å². The normalized spacial score (nSPS) is 10.5. The van der Waals surface area contributed by atoms with E-state index < -0.39 is 0 Å². The molecule has 19 heavy (non-hydrogen) atoms. The Hall–Kier alpha value is -2.01. The van der Waals surface area contributed by atoms with Gasteiger partial charge in [-0.3, -0.25) is 0 Å². The van der Waals surface area contributed by atoms with Crippen LogP contribution in [0.1, 0.15) is 12.6 Å². The number of aromatic nitrogens is 2. The van der Waals surface area contributed by atoms with E-state index >= 15 is 0 Å². The van der Waals surface area contributed by atoms with Crippen LogP contribution >= 0.6 is 0 Å². The topological polar surface area (TPSA) is 73.2 Å². The Morgan fingerprint density at radius 2 is 2.16 bits per heavy atom. The lowest BCUT2D eigenvalue weighted by Gasteiger charge is -2.10. The number of hydrogen-bond donors (Lipinski definition) is 2. The number of rotatable bonds is 6. The SMILES string of the molecule is CCOc1ccc(-c2ncc(CCN)[nH]2)cc1OC. The number of nitrogens with zero attached hydrogens (tertiary/aromatic N) is 1. The number of H-pyrrole nitrogens is 1. The van der Waals surface area contributed by atoms with E-state index in [4.69, 9.17) is 15.2 Å². The quantitative estimate of drug-likeness (QED) is 0.834. The van der Waals surface area contributed by atoms with Crippen molar-refractivity contribution in [3.05, 3.63) is 30.1 Å². The fourth-order valence-electron chi connectivity index (χ4n) is 1.88. The molecule has 1 aromatic heterocycles. The zero-order valence-electron chi connectivity index (χ0n) is 11.3. The molecule has 0 radical (unpaired) electrons. The summed E-state index contributed by atoms with van der Waals surface area (Å²) in [6, 6.07) is 5.76. The third-order valence-electron chi connectivity index (χ3n) is 2.78. The smallest absolute Gasteiger partial charge is 0.161 e. The van der Waals surface area contributed by atoms with Gasteiger partial charge in [0.15, 0.2) is 11.5 Å². The maximum Gasteiger partial charge on any atom is 0.161 e.